The number of benzene rings is 1. The Kier molecular flexibility index (Phi) is 5.75. The highest BCUT2D eigenvalue weighted by molar-refractivity contribution is 7.87. The highest BCUT2D eigenvalue weighted by Crippen LogP contribution is 2.45. The molecular weight excluding hydrogens is 324 g/mol. The molecule has 24 heavy (non-hydrogen) atoms. The Balaban J connectivity index is 1.95. The molecule has 0 unspecified atom stereocenters. The molecule has 0 amide bonds. The van der Waals surface area contributed by atoms with Gasteiger partial charge in [0.1, 0.15) is 0 Å². The van der Waals surface area contributed by atoms with Gasteiger partial charge in [0, 0.05) is 6.54 Å². The van der Waals surface area contributed by atoms with Gasteiger partial charge in [-0.1, -0.05) is 45.0 Å². The molecule has 0 aromatic heterocycles. The van der Waals surface area contributed by atoms with E-state index in [1.54, 1.807) is 0 Å². The summed E-state index contributed by atoms with van der Waals surface area (Å²) in [5.74, 6) is 0.654. The van der Waals surface area contributed by atoms with Gasteiger partial charge in [-0.2, -0.15) is 8.42 Å². The molecule has 1 aliphatic rings. The summed E-state index contributed by atoms with van der Waals surface area (Å²) in [6, 6.07) is 7.83. The molecule has 0 spiro atoms. The lowest BCUT2D eigenvalue weighted by atomic mass is 9.67. The molecule has 1 saturated carbocycles. The van der Waals surface area contributed by atoms with E-state index in [4.69, 9.17) is 5.14 Å². The first-order valence-corrected chi connectivity index (χ1v) is 10.1. The summed E-state index contributed by atoms with van der Waals surface area (Å²) in [6.45, 7) is 7.08. The van der Waals surface area contributed by atoms with Gasteiger partial charge in [-0.3, -0.25) is 0 Å². The van der Waals surface area contributed by atoms with Crippen molar-refractivity contribution in [2.24, 2.45) is 16.5 Å². The summed E-state index contributed by atoms with van der Waals surface area (Å²) in [6.07, 6.45) is 4.24. The van der Waals surface area contributed by atoms with E-state index in [-0.39, 0.29) is 6.54 Å². The Morgan fingerprint density at radius 1 is 1.21 bits per heavy atom. The fourth-order valence-electron chi connectivity index (χ4n) is 3.57. The standard InChI is InChI=1S/C18H30N2O3S/c1-17(2,3)15-8-11-18(21,12-9-15)16-6-4-14(5-7-16)10-13-20-24(19,22)23/h4-7,15,20-21H,8-13H2,1-3H3,(H2,19,22,23). The molecule has 1 fully saturated rings. The zero-order chi connectivity index (χ0) is 18.0. The highest BCUT2D eigenvalue weighted by atomic mass is 32.2. The van der Waals surface area contributed by atoms with E-state index in [0.717, 1.165) is 36.8 Å². The molecule has 0 saturated heterocycles. The predicted molar refractivity (Wildman–Crippen MR) is 96.6 cm³/mol. The Morgan fingerprint density at radius 2 is 1.75 bits per heavy atom. The van der Waals surface area contributed by atoms with Crippen LogP contribution in [-0.4, -0.2) is 20.1 Å². The van der Waals surface area contributed by atoms with Crippen LogP contribution in [0.2, 0.25) is 0 Å². The predicted octanol–water partition coefficient (Wildman–Crippen LogP) is 2.45. The first-order chi connectivity index (χ1) is 11.0. The molecule has 136 valence electrons. The zero-order valence-corrected chi connectivity index (χ0v) is 15.7. The van der Waals surface area contributed by atoms with Crippen molar-refractivity contribution in [2.75, 3.05) is 6.54 Å². The van der Waals surface area contributed by atoms with Crippen LogP contribution in [-0.2, 0) is 22.2 Å². The minimum Gasteiger partial charge on any atom is -0.385 e. The molecule has 1 aliphatic carbocycles. The third kappa shape index (κ3) is 5.28. The SMILES string of the molecule is CC(C)(C)C1CCC(O)(c2ccc(CCNS(N)(=O)=O)cc2)CC1. The van der Waals surface area contributed by atoms with Gasteiger partial charge in [0.25, 0.3) is 10.2 Å². The van der Waals surface area contributed by atoms with Crippen LogP contribution in [0, 0.1) is 11.3 Å². The molecular formula is C18H30N2O3S. The lowest BCUT2D eigenvalue weighted by Gasteiger charge is -2.41. The van der Waals surface area contributed by atoms with Crippen LogP contribution in [0.15, 0.2) is 24.3 Å². The van der Waals surface area contributed by atoms with Crippen molar-refractivity contribution < 1.29 is 13.5 Å². The average Bonchev–Trinajstić information content (AvgIpc) is 2.46. The third-order valence-corrected chi connectivity index (χ3v) is 5.85. The first kappa shape index (κ1) is 19.4. The van der Waals surface area contributed by atoms with Crippen molar-refractivity contribution in [1.82, 2.24) is 4.72 Å². The van der Waals surface area contributed by atoms with Crippen LogP contribution >= 0.6 is 0 Å². The van der Waals surface area contributed by atoms with Crippen molar-refractivity contribution >= 4 is 10.2 Å². The van der Waals surface area contributed by atoms with Gasteiger partial charge in [0.2, 0.25) is 0 Å². The minimum absolute atomic E-state index is 0.274. The second-order valence-electron chi connectivity index (χ2n) is 8.06. The van der Waals surface area contributed by atoms with E-state index in [1.807, 2.05) is 24.3 Å². The van der Waals surface area contributed by atoms with Crippen molar-refractivity contribution in [2.45, 2.75) is 58.5 Å². The van der Waals surface area contributed by atoms with Crippen LogP contribution in [0.1, 0.15) is 57.6 Å². The molecule has 0 heterocycles. The highest BCUT2D eigenvalue weighted by Gasteiger charge is 2.38. The molecule has 4 N–H and O–H groups in total. The maximum absolute atomic E-state index is 11.0. The van der Waals surface area contributed by atoms with Crippen LogP contribution in [0.25, 0.3) is 0 Å². The van der Waals surface area contributed by atoms with Crippen molar-refractivity contribution in [3.8, 4) is 0 Å². The second kappa shape index (κ2) is 7.12. The summed E-state index contributed by atoms with van der Waals surface area (Å²) in [5.41, 5.74) is 1.53. The first-order valence-electron chi connectivity index (χ1n) is 8.59. The normalized spacial score (nSPS) is 25.6. The molecule has 6 heteroatoms. The number of rotatable bonds is 5. The maximum Gasteiger partial charge on any atom is 0.274 e. The number of hydrogen-bond acceptors (Lipinski definition) is 3. The van der Waals surface area contributed by atoms with Crippen molar-refractivity contribution in [3.63, 3.8) is 0 Å². The summed E-state index contributed by atoms with van der Waals surface area (Å²) < 4.78 is 24.0. The van der Waals surface area contributed by atoms with Gasteiger partial charge >= 0.3 is 0 Å². The number of nitrogens with one attached hydrogen (secondary N) is 1. The van der Waals surface area contributed by atoms with Crippen molar-refractivity contribution in [3.05, 3.63) is 35.4 Å². The third-order valence-electron chi connectivity index (χ3n) is 5.25. The number of hydrogen-bond donors (Lipinski definition) is 3. The fourth-order valence-corrected chi connectivity index (χ4v) is 3.96. The Labute approximate surface area is 145 Å². The van der Waals surface area contributed by atoms with E-state index >= 15 is 0 Å². The monoisotopic (exact) mass is 354 g/mol. The molecule has 0 radical (unpaired) electrons. The van der Waals surface area contributed by atoms with Crippen LogP contribution in [0.4, 0.5) is 0 Å². The Bertz CT molecular complexity index is 640. The molecule has 2 rings (SSSR count). The number of nitrogens with two attached hydrogens (primary N) is 1. The maximum atomic E-state index is 11.0. The van der Waals surface area contributed by atoms with E-state index in [2.05, 4.69) is 25.5 Å². The van der Waals surface area contributed by atoms with Gasteiger partial charge < -0.3 is 5.11 Å². The summed E-state index contributed by atoms with van der Waals surface area (Å²) in [4.78, 5) is 0. The van der Waals surface area contributed by atoms with Gasteiger partial charge in [-0.05, 0) is 54.6 Å². The van der Waals surface area contributed by atoms with Gasteiger partial charge in [0.15, 0.2) is 0 Å². The topological polar surface area (TPSA) is 92.4 Å². The summed E-state index contributed by atoms with van der Waals surface area (Å²) in [5, 5.41) is 15.9. The molecule has 0 aliphatic heterocycles. The van der Waals surface area contributed by atoms with Crippen LogP contribution in [0.5, 0.6) is 0 Å². The van der Waals surface area contributed by atoms with E-state index < -0.39 is 15.8 Å². The van der Waals surface area contributed by atoms with Gasteiger partial charge in [-0.15, -0.1) is 0 Å². The Hall–Kier alpha value is -0.950. The fraction of sp³-hybridized carbons (Fsp3) is 0.667. The largest absolute Gasteiger partial charge is 0.385 e. The Morgan fingerprint density at radius 3 is 2.21 bits per heavy atom. The number of aliphatic hydroxyl groups is 1. The van der Waals surface area contributed by atoms with Gasteiger partial charge in [0.05, 0.1) is 5.60 Å². The lowest BCUT2D eigenvalue weighted by Crippen LogP contribution is -2.35. The van der Waals surface area contributed by atoms with Crippen LogP contribution in [0.3, 0.4) is 0 Å². The molecule has 0 bridgehead atoms. The van der Waals surface area contributed by atoms with Crippen LogP contribution < -0.4 is 9.86 Å². The average molecular weight is 355 g/mol. The van der Waals surface area contributed by atoms with E-state index in [9.17, 15) is 13.5 Å². The van der Waals surface area contributed by atoms with E-state index in [1.165, 1.54) is 0 Å². The quantitative estimate of drug-likeness (QED) is 0.758. The molecule has 5 nitrogen and oxygen atoms in total. The smallest absolute Gasteiger partial charge is 0.274 e. The minimum atomic E-state index is -3.64. The van der Waals surface area contributed by atoms with Crippen molar-refractivity contribution in [1.29, 1.82) is 0 Å². The summed E-state index contributed by atoms with van der Waals surface area (Å²) >= 11 is 0. The van der Waals surface area contributed by atoms with Gasteiger partial charge in [-0.25, -0.2) is 9.86 Å². The molecule has 1 aromatic rings. The summed E-state index contributed by atoms with van der Waals surface area (Å²) in [7, 11) is -3.64. The second-order valence-corrected chi connectivity index (χ2v) is 9.44. The molecule has 1 aromatic carbocycles. The zero-order valence-electron chi connectivity index (χ0n) is 14.9. The lowest BCUT2D eigenvalue weighted by molar-refractivity contribution is -0.0298. The molecule has 0 atom stereocenters. The van der Waals surface area contributed by atoms with E-state index in [0.29, 0.717) is 17.8 Å².